The summed E-state index contributed by atoms with van der Waals surface area (Å²) in [6.45, 7) is 2.91. The molecule has 1 unspecified atom stereocenters. The van der Waals surface area contributed by atoms with Crippen molar-refractivity contribution in [2.24, 2.45) is 0 Å². The van der Waals surface area contributed by atoms with E-state index in [1.807, 2.05) is 12.1 Å². The molecule has 2 heteroatoms. The molecule has 2 aromatic rings. The molecule has 0 radical (unpaired) electrons. The maximum atomic E-state index is 5.28. The van der Waals surface area contributed by atoms with Gasteiger partial charge in [-0.2, -0.15) is 0 Å². The second-order valence-electron chi connectivity index (χ2n) is 3.57. The van der Waals surface area contributed by atoms with E-state index in [4.69, 9.17) is 9.15 Å². The first kappa shape index (κ1) is 9.28. The van der Waals surface area contributed by atoms with Gasteiger partial charge >= 0.3 is 0 Å². The van der Waals surface area contributed by atoms with E-state index in [0.29, 0.717) is 5.92 Å². The van der Waals surface area contributed by atoms with Crippen LogP contribution in [0.15, 0.2) is 34.9 Å². The molecule has 0 bridgehead atoms. The summed E-state index contributed by atoms with van der Waals surface area (Å²) in [5.74, 6) is 0.430. The van der Waals surface area contributed by atoms with Crippen LogP contribution < -0.4 is 0 Å². The largest absolute Gasteiger partial charge is 0.464 e. The number of benzene rings is 1. The fourth-order valence-electron chi connectivity index (χ4n) is 1.64. The normalized spacial score (nSPS) is 13.3. The maximum absolute atomic E-state index is 5.28. The zero-order chi connectivity index (χ0) is 9.97. The quantitative estimate of drug-likeness (QED) is 0.741. The maximum Gasteiger partial charge on any atom is 0.133 e. The number of rotatable bonds is 3. The van der Waals surface area contributed by atoms with Crippen LogP contribution in [0.5, 0.6) is 0 Å². The average molecular weight is 190 g/mol. The summed E-state index contributed by atoms with van der Waals surface area (Å²) in [5.41, 5.74) is 2.24. The Bertz CT molecular complexity index is 417. The van der Waals surface area contributed by atoms with Crippen LogP contribution in [0.3, 0.4) is 0 Å². The Morgan fingerprint density at radius 2 is 2.21 bits per heavy atom. The van der Waals surface area contributed by atoms with Crippen LogP contribution in [0.1, 0.15) is 18.4 Å². The Morgan fingerprint density at radius 1 is 1.36 bits per heavy atom. The van der Waals surface area contributed by atoms with E-state index in [1.165, 1.54) is 5.56 Å². The predicted octanol–water partition coefficient (Wildman–Crippen LogP) is 3.18. The summed E-state index contributed by atoms with van der Waals surface area (Å²) in [5, 5.41) is 1.16. The second kappa shape index (κ2) is 3.84. The van der Waals surface area contributed by atoms with Crippen molar-refractivity contribution < 1.29 is 9.15 Å². The molecular formula is C12H14O2. The molecule has 14 heavy (non-hydrogen) atoms. The zero-order valence-corrected chi connectivity index (χ0v) is 8.49. The standard InChI is InChI=1S/C12H14O2/c1-9(8-13-2)10-3-4-12-11(7-10)5-6-14-12/h3-7,9H,8H2,1-2H3. The third-order valence-electron chi connectivity index (χ3n) is 2.46. The summed E-state index contributed by atoms with van der Waals surface area (Å²) in [6.07, 6.45) is 1.72. The Labute approximate surface area is 83.5 Å². The molecule has 1 atom stereocenters. The minimum absolute atomic E-state index is 0.430. The molecule has 2 rings (SSSR count). The molecular weight excluding hydrogens is 176 g/mol. The van der Waals surface area contributed by atoms with Crippen LogP contribution in [-0.2, 0) is 4.74 Å². The van der Waals surface area contributed by atoms with Gasteiger partial charge in [-0.15, -0.1) is 0 Å². The third kappa shape index (κ3) is 1.66. The van der Waals surface area contributed by atoms with E-state index >= 15 is 0 Å². The number of methoxy groups -OCH3 is 1. The minimum atomic E-state index is 0.430. The lowest BCUT2D eigenvalue weighted by molar-refractivity contribution is 0.184. The summed E-state index contributed by atoms with van der Waals surface area (Å²) < 4.78 is 10.4. The van der Waals surface area contributed by atoms with Gasteiger partial charge in [-0.05, 0) is 23.8 Å². The summed E-state index contributed by atoms with van der Waals surface area (Å²) in [4.78, 5) is 0. The van der Waals surface area contributed by atoms with Gasteiger partial charge in [0.2, 0.25) is 0 Å². The Hall–Kier alpha value is -1.28. The monoisotopic (exact) mass is 190 g/mol. The topological polar surface area (TPSA) is 22.4 Å². The Balaban J connectivity index is 2.33. The van der Waals surface area contributed by atoms with E-state index in [-0.39, 0.29) is 0 Å². The number of hydrogen-bond acceptors (Lipinski definition) is 2. The first-order chi connectivity index (χ1) is 6.81. The first-order valence-corrected chi connectivity index (χ1v) is 4.77. The number of fused-ring (bicyclic) bond motifs is 1. The lowest BCUT2D eigenvalue weighted by atomic mass is 10.0. The van der Waals surface area contributed by atoms with Crippen molar-refractivity contribution in [2.75, 3.05) is 13.7 Å². The number of ether oxygens (including phenoxy) is 1. The van der Waals surface area contributed by atoms with Gasteiger partial charge in [-0.1, -0.05) is 13.0 Å². The minimum Gasteiger partial charge on any atom is -0.464 e. The highest BCUT2D eigenvalue weighted by molar-refractivity contribution is 5.77. The van der Waals surface area contributed by atoms with Crippen molar-refractivity contribution in [3.8, 4) is 0 Å². The molecule has 0 saturated heterocycles. The average Bonchev–Trinajstić information content (AvgIpc) is 2.64. The zero-order valence-electron chi connectivity index (χ0n) is 8.49. The fraction of sp³-hybridized carbons (Fsp3) is 0.333. The van der Waals surface area contributed by atoms with Crippen LogP contribution in [0.4, 0.5) is 0 Å². The van der Waals surface area contributed by atoms with Crippen LogP contribution in [-0.4, -0.2) is 13.7 Å². The third-order valence-corrected chi connectivity index (χ3v) is 2.46. The van der Waals surface area contributed by atoms with Crippen LogP contribution in [0, 0.1) is 0 Å². The van der Waals surface area contributed by atoms with Crippen molar-refractivity contribution in [2.45, 2.75) is 12.8 Å². The van der Waals surface area contributed by atoms with Gasteiger partial charge in [0.05, 0.1) is 12.9 Å². The molecule has 0 aliphatic heterocycles. The first-order valence-electron chi connectivity index (χ1n) is 4.77. The van der Waals surface area contributed by atoms with Gasteiger partial charge in [0, 0.05) is 18.4 Å². The lowest BCUT2D eigenvalue weighted by Crippen LogP contribution is -2.01. The molecule has 2 nitrogen and oxygen atoms in total. The SMILES string of the molecule is COCC(C)c1ccc2occc2c1. The molecule has 1 aromatic heterocycles. The highest BCUT2D eigenvalue weighted by atomic mass is 16.5. The number of furan rings is 1. The van der Waals surface area contributed by atoms with Crippen molar-refractivity contribution in [1.82, 2.24) is 0 Å². The van der Waals surface area contributed by atoms with Crippen LogP contribution in [0.2, 0.25) is 0 Å². The van der Waals surface area contributed by atoms with Gasteiger partial charge in [0.1, 0.15) is 5.58 Å². The lowest BCUT2D eigenvalue weighted by Gasteiger charge is -2.09. The van der Waals surface area contributed by atoms with E-state index in [0.717, 1.165) is 17.6 Å². The van der Waals surface area contributed by atoms with E-state index in [9.17, 15) is 0 Å². The Kier molecular flexibility index (Phi) is 2.55. The van der Waals surface area contributed by atoms with E-state index < -0.39 is 0 Å². The van der Waals surface area contributed by atoms with Crippen LogP contribution in [0.25, 0.3) is 11.0 Å². The number of hydrogen-bond donors (Lipinski definition) is 0. The molecule has 0 N–H and O–H groups in total. The van der Waals surface area contributed by atoms with Crippen molar-refractivity contribution >= 4 is 11.0 Å². The molecule has 0 aliphatic carbocycles. The predicted molar refractivity (Wildman–Crippen MR) is 56.5 cm³/mol. The molecule has 0 saturated carbocycles. The molecule has 0 aliphatic rings. The fourth-order valence-corrected chi connectivity index (χ4v) is 1.64. The summed E-state index contributed by atoms with van der Waals surface area (Å²) >= 11 is 0. The smallest absolute Gasteiger partial charge is 0.133 e. The highest BCUT2D eigenvalue weighted by Gasteiger charge is 2.06. The molecule has 1 aromatic carbocycles. The highest BCUT2D eigenvalue weighted by Crippen LogP contribution is 2.22. The van der Waals surface area contributed by atoms with Gasteiger partial charge in [-0.25, -0.2) is 0 Å². The van der Waals surface area contributed by atoms with E-state index in [2.05, 4.69) is 19.1 Å². The van der Waals surface area contributed by atoms with Gasteiger partial charge < -0.3 is 9.15 Å². The van der Waals surface area contributed by atoms with Crippen molar-refractivity contribution in [3.05, 3.63) is 36.1 Å². The van der Waals surface area contributed by atoms with Crippen LogP contribution >= 0.6 is 0 Å². The molecule has 0 amide bonds. The van der Waals surface area contributed by atoms with Gasteiger partial charge in [0.15, 0.2) is 0 Å². The van der Waals surface area contributed by atoms with Crippen molar-refractivity contribution in [3.63, 3.8) is 0 Å². The molecule has 74 valence electrons. The Morgan fingerprint density at radius 3 is 3.00 bits per heavy atom. The molecule has 0 fully saturated rings. The summed E-state index contributed by atoms with van der Waals surface area (Å²) in [6, 6.07) is 8.24. The van der Waals surface area contributed by atoms with Gasteiger partial charge in [0.25, 0.3) is 0 Å². The molecule has 1 heterocycles. The second-order valence-corrected chi connectivity index (χ2v) is 3.57. The van der Waals surface area contributed by atoms with E-state index in [1.54, 1.807) is 13.4 Å². The molecule has 0 spiro atoms. The van der Waals surface area contributed by atoms with Crippen molar-refractivity contribution in [1.29, 1.82) is 0 Å². The summed E-state index contributed by atoms with van der Waals surface area (Å²) in [7, 11) is 1.73. The van der Waals surface area contributed by atoms with Gasteiger partial charge in [-0.3, -0.25) is 0 Å².